The zero-order chi connectivity index (χ0) is 8.97. The molecule has 1 radical (unpaired) electrons. The van der Waals surface area contributed by atoms with E-state index in [0.717, 1.165) is 25.9 Å². The van der Waals surface area contributed by atoms with Gasteiger partial charge in [-0.1, -0.05) is 6.42 Å². The molecule has 0 aromatic rings. The molecule has 0 bridgehead atoms. The third-order valence-electron chi connectivity index (χ3n) is 2.25. The summed E-state index contributed by atoms with van der Waals surface area (Å²) < 4.78 is 0. The van der Waals surface area contributed by atoms with E-state index in [2.05, 4.69) is 0 Å². The van der Waals surface area contributed by atoms with Gasteiger partial charge >= 0.3 is 0 Å². The Morgan fingerprint density at radius 3 is 2.33 bits per heavy atom. The molecule has 12 heavy (non-hydrogen) atoms. The van der Waals surface area contributed by atoms with Crippen molar-refractivity contribution < 1.29 is 9.59 Å². The number of hydrogen-bond acceptors (Lipinski definition) is 3. The van der Waals surface area contributed by atoms with Crippen LogP contribution in [-0.4, -0.2) is 36.1 Å². The summed E-state index contributed by atoms with van der Waals surface area (Å²) in [4.78, 5) is 23.3. The molecule has 1 unspecified atom stereocenters. The lowest BCUT2D eigenvalue weighted by atomic mass is 10.1. The Morgan fingerprint density at radius 2 is 1.92 bits per heavy atom. The van der Waals surface area contributed by atoms with Gasteiger partial charge in [-0.3, -0.25) is 14.5 Å². The van der Waals surface area contributed by atoms with Crippen molar-refractivity contribution in [3.8, 4) is 0 Å². The molecule has 1 aliphatic rings. The van der Waals surface area contributed by atoms with Crippen molar-refractivity contribution in [3.05, 3.63) is 0 Å². The zero-order valence-corrected chi connectivity index (χ0v) is 7.38. The molecule has 1 rings (SSSR count). The van der Waals surface area contributed by atoms with Crippen molar-refractivity contribution in [3.63, 3.8) is 0 Å². The molecular weight excluding hydrogens is 154 g/mol. The highest BCUT2D eigenvalue weighted by atomic mass is 16.1. The van der Waals surface area contributed by atoms with E-state index in [9.17, 15) is 9.59 Å². The number of piperidine rings is 1. The van der Waals surface area contributed by atoms with Crippen molar-refractivity contribution >= 4 is 12.1 Å². The molecule has 0 aromatic carbocycles. The fourth-order valence-electron chi connectivity index (χ4n) is 1.59. The van der Waals surface area contributed by atoms with Crippen LogP contribution in [-0.2, 0) is 9.59 Å². The Labute approximate surface area is 72.7 Å². The lowest BCUT2D eigenvalue weighted by Crippen LogP contribution is -2.44. The third kappa shape index (κ3) is 2.14. The Kier molecular flexibility index (Phi) is 3.41. The summed E-state index contributed by atoms with van der Waals surface area (Å²) in [6, 6.07) is -0.606. The van der Waals surface area contributed by atoms with Gasteiger partial charge in [-0.15, -0.1) is 0 Å². The van der Waals surface area contributed by atoms with Crippen LogP contribution < -0.4 is 0 Å². The van der Waals surface area contributed by atoms with E-state index in [1.807, 2.05) is 4.90 Å². The largest absolute Gasteiger partial charge is 0.298 e. The van der Waals surface area contributed by atoms with Crippen LogP contribution in [0.4, 0.5) is 0 Å². The van der Waals surface area contributed by atoms with Crippen LogP contribution in [0.2, 0.25) is 0 Å². The van der Waals surface area contributed by atoms with Gasteiger partial charge in [-0.25, -0.2) is 0 Å². The van der Waals surface area contributed by atoms with E-state index in [4.69, 9.17) is 0 Å². The van der Waals surface area contributed by atoms with Crippen molar-refractivity contribution in [1.82, 2.24) is 4.90 Å². The van der Waals surface area contributed by atoms with Crippen molar-refractivity contribution in [2.24, 2.45) is 0 Å². The average molecular weight is 168 g/mol. The first-order chi connectivity index (χ1) is 5.75. The number of rotatable bonds is 3. The van der Waals surface area contributed by atoms with E-state index >= 15 is 0 Å². The summed E-state index contributed by atoms with van der Waals surface area (Å²) in [7, 11) is 0. The molecule has 1 saturated heterocycles. The normalized spacial score (nSPS) is 21.8. The first kappa shape index (κ1) is 9.39. The zero-order valence-electron chi connectivity index (χ0n) is 7.38. The first-order valence-electron chi connectivity index (χ1n) is 4.38. The second-order valence-electron chi connectivity index (χ2n) is 3.23. The summed E-state index contributed by atoms with van der Waals surface area (Å²) in [6.45, 7) is 3.17. The van der Waals surface area contributed by atoms with Gasteiger partial charge in [0.25, 0.3) is 0 Å². The van der Waals surface area contributed by atoms with Crippen LogP contribution in [0.5, 0.6) is 0 Å². The maximum Gasteiger partial charge on any atom is 0.225 e. The number of carbonyl (C=O) groups excluding carboxylic acids is 2. The molecule has 1 fully saturated rings. The average Bonchev–Trinajstić information content (AvgIpc) is 2.07. The van der Waals surface area contributed by atoms with E-state index in [1.165, 1.54) is 13.3 Å². The third-order valence-corrected chi connectivity index (χ3v) is 2.25. The van der Waals surface area contributed by atoms with Gasteiger partial charge in [0.2, 0.25) is 6.29 Å². The molecule has 0 amide bonds. The van der Waals surface area contributed by atoms with Gasteiger partial charge in [0.1, 0.15) is 6.04 Å². The molecule has 0 saturated carbocycles. The van der Waals surface area contributed by atoms with E-state index in [0.29, 0.717) is 0 Å². The monoisotopic (exact) mass is 168 g/mol. The first-order valence-corrected chi connectivity index (χ1v) is 4.38. The molecule has 3 heteroatoms. The van der Waals surface area contributed by atoms with E-state index < -0.39 is 6.04 Å². The van der Waals surface area contributed by atoms with Crippen molar-refractivity contribution in [1.29, 1.82) is 0 Å². The van der Waals surface area contributed by atoms with Crippen LogP contribution in [0.25, 0.3) is 0 Å². The maximum absolute atomic E-state index is 11.0. The minimum absolute atomic E-state index is 0.0908. The molecular formula is C9H14NO2. The highest BCUT2D eigenvalue weighted by molar-refractivity contribution is 5.95. The number of carbonyl (C=O) groups is 1. The predicted molar refractivity (Wildman–Crippen MR) is 45.6 cm³/mol. The molecule has 67 valence electrons. The van der Waals surface area contributed by atoms with Crippen molar-refractivity contribution in [2.75, 3.05) is 13.1 Å². The molecule has 0 spiro atoms. The molecule has 1 heterocycles. The highest BCUT2D eigenvalue weighted by Gasteiger charge is 2.24. The summed E-state index contributed by atoms with van der Waals surface area (Å²) in [6.07, 6.45) is 5.18. The Hall–Kier alpha value is -0.700. The predicted octanol–water partition coefficient (Wildman–Crippen LogP) is 0.540. The summed E-state index contributed by atoms with van der Waals surface area (Å²) in [5.74, 6) is -0.0908. The second-order valence-corrected chi connectivity index (χ2v) is 3.23. The summed E-state index contributed by atoms with van der Waals surface area (Å²) in [5.41, 5.74) is 0. The van der Waals surface area contributed by atoms with Crippen LogP contribution in [0.15, 0.2) is 0 Å². The van der Waals surface area contributed by atoms with Crippen LogP contribution >= 0.6 is 0 Å². The lowest BCUT2D eigenvalue weighted by Gasteiger charge is -2.29. The van der Waals surface area contributed by atoms with Crippen LogP contribution in [0.1, 0.15) is 26.2 Å². The summed E-state index contributed by atoms with van der Waals surface area (Å²) in [5, 5.41) is 0. The Balaban J connectivity index is 2.51. The van der Waals surface area contributed by atoms with E-state index in [1.54, 1.807) is 6.29 Å². The molecule has 0 N–H and O–H groups in total. The Morgan fingerprint density at radius 1 is 1.33 bits per heavy atom. The SMILES string of the molecule is CC(=O)C([C]=O)N1CCCCC1. The summed E-state index contributed by atoms with van der Waals surface area (Å²) >= 11 is 0. The molecule has 0 aliphatic carbocycles. The smallest absolute Gasteiger partial charge is 0.225 e. The van der Waals surface area contributed by atoms with Gasteiger partial charge < -0.3 is 0 Å². The highest BCUT2D eigenvalue weighted by Crippen LogP contribution is 2.11. The van der Waals surface area contributed by atoms with Gasteiger partial charge in [0.05, 0.1) is 0 Å². The minimum Gasteiger partial charge on any atom is -0.298 e. The molecule has 1 aliphatic heterocycles. The van der Waals surface area contributed by atoms with Gasteiger partial charge in [0, 0.05) is 0 Å². The fourth-order valence-corrected chi connectivity index (χ4v) is 1.59. The second kappa shape index (κ2) is 4.36. The van der Waals surface area contributed by atoms with E-state index in [-0.39, 0.29) is 5.78 Å². The minimum atomic E-state index is -0.606. The number of ketones is 1. The topological polar surface area (TPSA) is 37.4 Å². The maximum atomic E-state index is 11.0. The van der Waals surface area contributed by atoms with Gasteiger partial charge in [-0.2, -0.15) is 0 Å². The number of likely N-dealkylation sites (tertiary alicyclic amines) is 1. The molecule has 1 atom stereocenters. The molecule has 3 nitrogen and oxygen atoms in total. The Bertz CT molecular complexity index is 173. The number of Topliss-reactive ketones (excluding diaryl/α,β-unsaturated/α-hetero) is 1. The molecule has 0 aromatic heterocycles. The lowest BCUT2D eigenvalue weighted by molar-refractivity contribution is -0.120. The van der Waals surface area contributed by atoms with Crippen LogP contribution in [0.3, 0.4) is 0 Å². The van der Waals surface area contributed by atoms with Crippen molar-refractivity contribution in [2.45, 2.75) is 32.2 Å². The number of hydrogen-bond donors (Lipinski definition) is 0. The quantitative estimate of drug-likeness (QED) is 0.577. The number of nitrogens with zero attached hydrogens (tertiary/aromatic N) is 1. The van der Waals surface area contributed by atoms with Gasteiger partial charge in [-0.05, 0) is 32.9 Å². The van der Waals surface area contributed by atoms with Crippen LogP contribution in [0, 0.1) is 0 Å². The standard InChI is InChI=1S/C9H14NO2/c1-8(12)9(7-11)10-5-3-2-4-6-10/h9H,2-6H2,1H3. The fraction of sp³-hybridized carbons (Fsp3) is 0.778. The van der Waals surface area contributed by atoms with Gasteiger partial charge in [0.15, 0.2) is 5.78 Å².